The first-order valence-corrected chi connectivity index (χ1v) is 11.7. The second kappa shape index (κ2) is 6.79. The van der Waals surface area contributed by atoms with Gasteiger partial charge in [-0.15, -0.1) is 0 Å². The van der Waals surface area contributed by atoms with Gasteiger partial charge in [-0.05, 0) is 61.4 Å². The molecule has 1 aliphatic heterocycles. The number of benzene rings is 1. The molecule has 1 heterocycles. The third-order valence-corrected chi connectivity index (χ3v) is 8.22. The number of phenols is 1. The van der Waals surface area contributed by atoms with Crippen LogP contribution in [0.1, 0.15) is 64.0 Å². The molecule has 31 heavy (non-hydrogen) atoms. The molecule has 4 aliphatic rings. The first kappa shape index (κ1) is 21.0. The maximum absolute atomic E-state index is 13.3. The van der Waals surface area contributed by atoms with Gasteiger partial charge >= 0.3 is 0 Å². The number of nitrogens with one attached hydrogen (secondary N) is 1. The van der Waals surface area contributed by atoms with Gasteiger partial charge < -0.3 is 15.5 Å². The van der Waals surface area contributed by atoms with E-state index in [1.54, 1.807) is 12.1 Å². The zero-order chi connectivity index (χ0) is 22.2. The number of piperidine rings is 1. The Morgan fingerprint density at radius 1 is 1.29 bits per heavy atom. The summed E-state index contributed by atoms with van der Waals surface area (Å²) in [4.78, 5) is 28.4. The summed E-state index contributed by atoms with van der Waals surface area (Å²) in [7, 11) is 0. The second-order valence-electron chi connectivity index (χ2n) is 11.4. The molecule has 6 heteroatoms. The molecule has 0 spiro atoms. The summed E-state index contributed by atoms with van der Waals surface area (Å²) in [5.41, 5.74) is -0.379. The summed E-state index contributed by atoms with van der Waals surface area (Å²) in [6.07, 6.45) is 4.32. The molecule has 6 nitrogen and oxygen atoms in total. The van der Waals surface area contributed by atoms with Crippen LogP contribution in [0, 0.1) is 11.3 Å². The van der Waals surface area contributed by atoms with Crippen LogP contribution in [0.3, 0.4) is 0 Å². The normalized spacial score (nSPS) is 35.3. The van der Waals surface area contributed by atoms with Crippen LogP contribution in [-0.2, 0) is 21.4 Å². The Bertz CT molecular complexity index is 934. The standard InChI is InChI=1S/C25H34N2O4/c1-23(2,3)22(30)26-19-12-25(31)21-10-16-6-7-17(28)11-18(16)24(25,13-20(19)29)8-9-27(21)14-15-4-5-15/h6-7,11,15,19,21,28,31H,4-5,8-10,12-14H2,1-3H3,(H,26,30)/t19-,21+,24+,25+/m0/s1. The highest BCUT2D eigenvalue weighted by molar-refractivity contribution is 5.93. The molecule has 2 bridgehead atoms. The Labute approximate surface area is 184 Å². The molecule has 1 aromatic carbocycles. The minimum Gasteiger partial charge on any atom is -0.508 e. The number of aliphatic hydroxyl groups is 1. The second-order valence-corrected chi connectivity index (χ2v) is 11.4. The highest BCUT2D eigenvalue weighted by Crippen LogP contribution is 2.58. The van der Waals surface area contributed by atoms with E-state index in [0.29, 0.717) is 18.8 Å². The maximum Gasteiger partial charge on any atom is 0.225 e. The van der Waals surface area contributed by atoms with Gasteiger partial charge in [0.2, 0.25) is 5.91 Å². The average molecular weight is 427 g/mol. The molecule has 3 fully saturated rings. The third kappa shape index (κ3) is 3.21. The van der Waals surface area contributed by atoms with E-state index in [4.69, 9.17) is 0 Å². The summed E-state index contributed by atoms with van der Waals surface area (Å²) in [5.74, 6) is 0.691. The molecule has 4 atom stereocenters. The molecule has 168 valence electrons. The maximum atomic E-state index is 13.3. The third-order valence-electron chi connectivity index (χ3n) is 8.22. The Kier molecular flexibility index (Phi) is 4.59. The molecular formula is C25H34N2O4. The molecule has 1 saturated heterocycles. The van der Waals surface area contributed by atoms with Crippen LogP contribution in [0.15, 0.2) is 18.2 Å². The van der Waals surface area contributed by atoms with Gasteiger partial charge in [0.05, 0.1) is 11.6 Å². The van der Waals surface area contributed by atoms with Crippen LogP contribution in [0.25, 0.3) is 0 Å². The highest BCUT2D eigenvalue weighted by Gasteiger charge is 2.66. The van der Waals surface area contributed by atoms with Crippen molar-refractivity contribution >= 4 is 11.7 Å². The van der Waals surface area contributed by atoms with Gasteiger partial charge in [-0.2, -0.15) is 0 Å². The van der Waals surface area contributed by atoms with Crippen LogP contribution in [0.4, 0.5) is 0 Å². The predicted molar refractivity (Wildman–Crippen MR) is 117 cm³/mol. The number of hydrogen-bond acceptors (Lipinski definition) is 5. The SMILES string of the molecule is CC(C)(C)C(=O)N[C@H]1C[C@@]2(O)[C@H]3Cc4ccc(O)cc4[C@@]2(CCN3CC2CC2)CC1=O. The smallest absolute Gasteiger partial charge is 0.225 e. The number of amides is 1. The van der Waals surface area contributed by atoms with Crippen molar-refractivity contribution in [1.82, 2.24) is 10.2 Å². The van der Waals surface area contributed by atoms with E-state index in [1.165, 1.54) is 12.8 Å². The molecule has 1 aromatic rings. The number of rotatable bonds is 3. The molecule has 0 aromatic heterocycles. The van der Waals surface area contributed by atoms with Crippen molar-refractivity contribution in [1.29, 1.82) is 0 Å². The van der Waals surface area contributed by atoms with Gasteiger partial charge in [0.25, 0.3) is 0 Å². The number of carbonyl (C=O) groups excluding carboxylic acids is 2. The molecule has 0 unspecified atom stereocenters. The van der Waals surface area contributed by atoms with Crippen LogP contribution in [-0.4, -0.2) is 57.6 Å². The van der Waals surface area contributed by atoms with Crippen molar-refractivity contribution in [3.63, 3.8) is 0 Å². The van der Waals surface area contributed by atoms with E-state index in [1.807, 2.05) is 26.8 Å². The lowest BCUT2D eigenvalue weighted by Crippen LogP contribution is -2.76. The lowest BCUT2D eigenvalue weighted by molar-refractivity contribution is -0.178. The molecule has 2 saturated carbocycles. The largest absolute Gasteiger partial charge is 0.508 e. The van der Waals surface area contributed by atoms with Crippen LogP contribution >= 0.6 is 0 Å². The summed E-state index contributed by atoms with van der Waals surface area (Å²) in [6, 6.07) is 4.66. The van der Waals surface area contributed by atoms with Crippen molar-refractivity contribution in [3.8, 4) is 5.75 Å². The highest BCUT2D eigenvalue weighted by atomic mass is 16.3. The van der Waals surface area contributed by atoms with Crippen LogP contribution in [0.2, 0.25) is 0 Å². The lowest BCUT2D eigenvalue weighted by Gasteiger charge is -2.64. The Morgan fingerprint density at radius 3 is 2.71 bits per heavy atom. The van der Waals surface area contributed by atoms with Crippen molar-refractivity contribution in [2.45, 2.75) is 82.4 Å². The van der Waals surface area contributed by atoms with E-state index in [-0.39, 0.29) is 36.3 Å². The number of nitrogens with zero attached hydrogens (tertiary/aromatic N) is 1. The Hall–Kier alpha value is -1.92. The van der Waals surface area contributed by atoms with Crippen molar-refractivity contribution < 1.29 is 19.8 Å². The van der Waals surface area contributed by atoms with Gasteiger partial charge in [0.1, 0.15) is 5.75 Å². The first-order chi connectivity index (χ1) is 14.5. The van der Waals surface area contributed by atoms with Crippen molar-refractivity contribution in [2.75, 3.05) is 13.1 Å². The molecule has 3 N–H and O–H groups in total. The van der Waals surface area contributed by atoms with E-state index in [9.17, 15) is 19.8 Å². The Balaban J connectivity index is 1.56. The van der Waals surface area contributed by atoms with Crippen LogP contribution < -0.4 is 5.32 Å². The number of phenolic OH excluding ortho intramolecular Hbond substituents is 1. The zero-order valence-corrected chi connectivity index (χ0v) is 18.8. The molecule has 5 rings (SSSR count). The van der Waals surface area contributed by atoms with Gasteiger partial charge in [0.15, 0.2) is 5.78 Å². The average Bonchev–Trinajstić information content (AvgIpc) is 3.49. The minimum atomic E-state index is -1.12. The minimum absolute atomic E-state index is 0.0205. The number of hydrogen-bond donors (Lipinski definition) is 3. The van der Waals surface area contributed by atoms with Gasteiger partial charge in [-0.1, -0.05) is 26.8 Å². The molecule has 0 radical (unpaired) electrons. The fourth-order valence-electron chi connectivity index (χ4n) is 6.26. The molecule has 1 amide bonds. The number of Topliss-reactive ketones (excluding diaryl/α,β-unsaturated/α-hetero) is 1. The van der Waals surface area contributed by atoms with E-state index < -0.39 is 22.5 Å². The zero-order valence-electron chi connectivity index (χ0n) is 18.8. The fraction of sp³-hybridized carbons (Fsp3) is 0.680. The molecular weight excluding hydrogens is 392 g/mol. The summed E-state index contributed by atoms with van der Waals surface area (Å²) in [6.45, 7) is 7.33. The number of aromatic hydroxyl groups is 1. The number of ketones is 1. The number of fused-ring (bicyclic) bond motifs is 1. The number of likely N-dealkylation sites (tertiary alicyclic amines) is 1. The quantitative estimate of drug-likeness (QED) is 0.690. The van der Waals surface area contributed by atoms with E-state index in [0.717, 1.165) is 24.2 Å². The van der Waals surface area contributed by atoms with Gasteiger partial charge in [-0.3, -0.25) is 14.5 Å². The van der Waals surface area contributed by atoms with Crippen molar-refractivity contribution in [3.05, 3.63) is 29.3 Å². The first-order valence-electron chi connectivity index (χ1n) is 11.7. The predicted octanol–water partition coefficient (Wildman–Crippen LogP) is 2.30. The Morgan fingerprint density at radius 2 is 2.03 bits per heavy atom. The lowest BCUT2D eigenvalue weighted by atomic mass is 9.48. The van der Waals surface area contributed by atoms with Gasteiger partial charge in [0, 0.05) is 36.3 Å². The summed E-state index contributed by atoms with van der Waals surface area (Å²) < 4.78 is 0. The van der Waals surface area contributed by atoms with E-state index >= 15 is 0 Å². The topological polar surface area (TPSA) is 89.9 Å². The van der Waals surface area contributed by atoms with Gasteiger partial charge in [-0.25, -0.2) is 0 Å². The monoisotopic (exact) mass is 426 g/mol. The van der Waals surface area contributed by atoms with Crippen LogP contribution in [0.5, 0.6) is 5.75 Å². The van der Waals surface area contributed by atoms with E-state index in [2.05, 4.69) is 10.2 Å². The fourth-order valence-corrected chi connectivity index (χ4v) is 6.26. The summed E-state index contributed by atoms with van der Waals surface area (Å²) in [5, 5.41) is 25.5. The number of carbonyl (C=O) groups is 2. The van der Waals surface area contributed by atoms with Crippen molar-refractivity contribution in [2.24, 2.45) is 11.3 Å². The molecule has 3 aliphatic carbocycles. The summed E-state index contributed by atoms with van der Waals surface area (Å²) >= 11 is 0.